The Morgan fingerprint density at radius 1 is 0.870 bits per heavy atom. The Morgan fingerprint density at radius 3 is 2.17 bits per heavy atom. The molecule has 1 N–H and O–H groups in total. The van der Waals surface area contributed by atoms with Gasteiger partial charge in [-0.15, -0.1) is 0 Å². The minimum absolute atomic E-state index is 0.0489. The number of halogens is 3. The molecule has 0 saturated heterocycles. The molecule has 0 aliphatic rings. The van der Waals surface area contributed by atoms with Gasteiger partial charge in [-0.3, -0.25) is 13.9 Å². The average Bonchev–Trinajstić information content (AvgIpc) is 3.04. The Bertz CT molecular complexity index is 1740. The quantitative estimate of drug-likeness (QED) is 0.143. The molecule has 0 heterocycles. The number of rotatable bonds is 14. The summed E-state index contributed by atoms with van der Waals surface area (Å²) < 4.78 is 42.8. The number of anilines is 1. The van der Waals surface area contributed by atoms with Crippen molar-refractivity contribution in [2.45, 2.75) is 50.6 Å². The lowest BCUT2D eigenvalue weighted by Crippen LogP contribution is -2.53. The van der Waals surface area contributed by atoms with E-state index in [0.717, 1.165) is 52.5 Å². The average molecular weight is 685 g/mol. The minimum atomic E-state index is -4.34. The number of benzene rings is 4. The monoisotopic (exact) mass is 683 g/mol. The number of hydrogen-bond acceptors (Lipinski definition) is 4. The molecule has 0 radical (unpaired) electrons. The Hall–Kier alpha value is -3.92. The molecule has 1 atom stereocenters. The Labute approximate surface area is 280 Å². The Kier molecular flexibility index (Phi) is 12.2. The van der Waals surface area contributed by atoms with E-state index in [9.17, 15) is 22.4 Å². The van der Waals surface area contributed by atoms with E-state index in [-0.39, 0.29) is 34.5 Å². The third kappa shape index (κ3) is 9.09. The number of carbonyl (C=O) groups is 2. The normalized spacial score (nSPS) is 11.9. The molecule has 4 aromatic rings. The summed E-state index contributed by atoms with van der Waals surface area (Å²) in [5, 5.41) is 3.56. The summed E-state index contributed by atoms with van der Waals surface area (Å²) in [5.41, 5.74) is 2.55. The van der Waals surface area contributed by atoms with E-state index in [4.69, 9.17) is 23.2 Å². The van der Waals surface area contributed by atoms with Crippen molar-refractivity contribution in [2.75, 3.05) is 17.4 Å². The van der Waals surface area contributed by atoms with E-state index >= 15 is 0 Å². The maximum atomic E-state index is 14.5. The van der Waals surface area contributed by atoms with Crippen molar-refractivity contribution in [3.63, 3.8) is 0 Å². The van der Waals surface area contributed by atoms with Crippen molar-refractivity contribution in [2.24, 2.45) is 0 Å². The highest BCUT2D eigenvalue weighted by Gasteiger charge is 2.34. The van der Waals surface area contributed by atoms with Crippen LogP contribution >= 0.6 is 23.2 Å². The third-order valence-electron chi connectivity index (χ3n) is 7.44. The van der Waals surface area contributed by atoms with Crippen LogP contribution in [0.5, 0.6) is 0 Å². The molecule has 242 valence electrons. The smallest absolute Gasteiger partial charge is 0.264 e. The topological polar surface area (TPSA) is 86.8 Å². The molecule has 46 heavy (non-hydrogen) atoms. The molecule has 0 aromatic heterocycles. The van der Waals surface area contributed by atoms with Crippen LogP contribution in [-0.2, 0) is 32.6 Å². The van der Waals surface area contributed by atoms with Gasteiger partial charge < -0.3 is 10.2 Å². The van der Waals surface area contributed by atoms with E-state index in [0.29, 0.717) is 17.1 Å². The second kappa shape index (κ2) is 16.1. The predicted octanol–water partition coefficient (Wildman–Crippen LogP) is 7.19. The zero-order valence-electron chi connectivity index (χ0n) is 25.6. The molecular weight excluding hydrogens is 648 g/mol. The molecule has 0 aliphatic heterocycles. The first kappa shape index (κ1) is 34.9. The summed E-state index contributed by atoms with van der Waals surface area (Å²) in [5.74, 6) is -1.58. The molecular formula is C35H36Cl2FN3O4S. The molecule has 4 rings (SSSR count). The van der Waals surface area contributed by atoms with Gasteiger partial charge in [0.2, 0.25) is 11.8 Å². The number of aryl methyl sites for hydroxylation is 1. The van der Waals surface area contributed by atoms with Gasteiger partial charge in [-0.05, 0) is 73.0 Å². The SMILES string of the molecule is CCCCNC(=O)C(Cc1ccccc1)N(Cc1ccc(Cl)c(Cl)c1)C(=O)CN(c1ccc(C)cc1)S(=O)(=O)c1ccc(F)cc1. The van der Waals surface area contributed by atoms with Crippen molar-refractivity contribution >= 4 is 50.7 Å². The van der Waals surface area contributed by atoms with Crippen LogP contribution in [-0.4, -0.2) is 44.3 Å². The van der Waals surface area contributed by atoms with Crippen LogP contribution in [0.4, 0.5) is 10.1 Å². The van der Waals surface area contributed by atoms with E-state index < -0.39 is 34.3 Å². The first-order valence-electron chi connectivity index (χ1n) is 14.9. The summed E-state index contributed by atoms with van der Waals surface area (Å²) in [4.78, 5) is 29.5. The third-order valence-corrected chi connectivity index (χ3v) is 9.97. The van der Waals surface area contributed by atoms with Crippen LogP contribution in [0.3, 0.4) is 0 Å². The highest BCUT2D eigenvalue weighted by molar-refractivity contribution is 7.92. The number of nitrogens with one attached hydrogen (secondary N) is 1. The fraction of sp³-hybridized carbons (Fsp3) is 0.257. The number of amides is 2. The lowest BCUT2D eigenvalue weighted by atomic mass is 10.0. The summed E-state index contributed by atoms with van der Waals surface area (Å²) in [6.07, 6.45) is 1.80. The van der Waals surface area contributed by atoms with E-state index in [2.05, 4.69) is 5.32 Å². The largest absolute Gasteiger partial charge is 0.354 e. The first-order valence-corrected chi connectivity index (χ1v) is 17.1. The number of hydrogen-bond donors (Lipinski definition) is 1. The molecule has 0 spiro atoms. The molecule has 2 amide bonds. The highest BCUT2D eigenvalue weighted by atomic mass is 35.5. The van der Waals surface area contributed by atoms with Gasteiger partial charge in [0.25, 0.3) is 10.0 Å². The fourth-order valence-corrected chi connectivity index (χ4v) is 6.60. The maximum absolute atomic E-state index is 14.5. The summed E-state index contributed by atoms with van der Waals surface area (Å²) in [7, 11) is -4.34. The van der Waals surface area contributed by atoms with Gasteiger partial charge in [0, 0.05) is 19.5 Å². The molecule has 0 aliphatic carbocycles. The van der Waals surface area contributed by atoms with Crippen LogP contribution in [0.1, 0.15) is 36.5 Å². The lowest BCUT2D eigenvalue weighted by molar-refractivity contribution is -0.140. The van der Waals surface area contributed by atoms with Gasteiger partial charge in [-0.25, -0.2) is 12.8 Å². The van der Waals surface area contributed by atoms with Crippen molar-refractivity contribution < 1.29 is 22.4 Å². The molecule has 7 nitrogen and oxygen atoms in total. The first-order chi connectivity index (χ1) is 22.0. The van der Waals surface area contributed by atoms with Crippen LogP contribution in [0.2, 0.25) is 10.0 Å². The summed E-state index contributed by atoms with van der Waals surface area (Å²) in [6.45, 7) is 3.61. The van der Waals surface area contributed by atoms with Crippen molar-refractivity contribution in [1.29, 1.82) is 0 Å². The van der Waals surface area contributed by atoms with Crippen LogP contribution in [0.15, 0.2) is 102 Å². The van der Waals surface area contributed by atoms with Gasteiger partial charge in [-0.1, -0.05) is 90.6 Å². The highest BCUT2D eigenvalue weighted by Crippen LogP contribution is 2.27. The molecule has 0 fully saturated rings. The summed E-state index contributed by atoms with van der Waals surface area (Å²) in [6, 6.07) is 24.3. The van der Waals surface area contributed by atoms with Crippen molar-refractivity contribution in [3.8, 4) is 0 Å². The van der Waals surface area contributed by atoms with Crippen LogP contribution < -0.4 is 9.62 Å². The fourth-order valence-electron chi connectivity index (χ4n) is 4.87. The van der Waals surface area contributed by atoms with Gasteiger partial charge in [0.15, 0.2) is 0 Å². The molecule has 0 saturated carbocycles. The zero-order chi connectivity index (χ0) is 33.3. The second-order valence-corrected chi connectivity index (χ2v) is 13.6. The number of sulfonamides is 1. The number of unbranched alkanes of at least 4 members (excludes halogenated alkanes) is 1. The second-order valence-electron chi connectivity index (χ2n) is 10.9. The summed E-state index contributed by atoms with van der Waals surface area (Å²) >= 11 is 12.5. The lowest BCUT2D eigenvalue weighted by Gasteiger charge is -2.34. The molecule has 0 bridgehead atoms. The van der Waals surface area contributed by atoms with Gasteiger partial charge >= 0.3 is 0 Å². The standard InChI is InChI=1S/C35H36Cl2FN3O4S/c1-3-4-20-39-35(43)33(22-26-8-6-5-7-9-26)40(23-27-12-19-31(36)32(37)21-27)34(42)24-41(29-15-10-25(2)11-16-29)46(44,45)30-17-13-28(38)14-18-30/h5-19,21,33H,3-4,20,22-24H2,1-2H3,(H,39,43). The minimum Gasteiger partial charge on any atom is -0.354 e. The van der Waals surface area contributed by atoms with E-state index in [1.807, 2.05) is 44.2 Å². The maximum Gasteiger partial charge on any atom is 0.264 e. The van der Waals surface area contributed by atoms with Crippen LogP contribution in [0, 0.1) is 12.7 Å². The Balaban J connectivity index is 1.80. The van der Waals surface area contributed by atoms with Gasteiger partial charge in [0.1, 0.15) is 18.4 Å². The predicted molar refractivity (Wildman–Crippen MR) is 181 cm³/mol. The van der Waals surface area contributed by atoms with E-state index in [1.165, 1.54) is 4.90 Å². The molecule has 4 aromatic carbocycles. The molecule has 11 heteroatoms. The van der Waals surface area contributed by atoms with Crippen molar-refractivity contribution in [1.82, 2.24) is 10.2 Å². The zero-order valence-corrected chi connectivity index (χ0v) is 28.0. The number of carbonyl (C=O) groups excluding carboxylic acids is 2. The molecule has 1 unspecified atom stereocenters. The Morgan fingerprint density at radius 2 is 1.54 bits per heavy atom. The van der Waals surface area contributed by atoms with Gasteiger partial charge in [-0.2, -0.15) is 0 Å². The van der Waals surface area contributed by atoms with Crippen LogP contribution in [0.25, 0.3) is 0 Å². The van der Waals surface area contributed by atoms with Gasteiger partial charge in [0.05, 0.1) is 20.6 Å². The number of nitrogens with zero attached hydrogens (tertiary/aromatic N) is 2. The van der Waals surface area contributed by atoms with E-state index in [1.54, 1.807) is 42.5 Å². The van der Waals surface area contributed by atoms with Crippen molar-refractivity contribution in [3.05, 3.63) is 130 Å².